The van der Waals surface area contributed by atoms with Gasteiger partial charge >= 0.3 is 0 Å². The highest BCUT2D eigenvalue weighted by atomic mass is 35.5. The molecule has 20 heavy (non-hydrogen) atoms. The van der Waals surface area contributed by atoms with Crippen molar-refractivity contribution in [2.24, 2.45) is 0 Å². The van der Waals surface area contributed by atoms with Crippen LogP contribution in [-0.2, 0) is 6.54 Å². The second kappa shape index (κ2) is 7.27. The van der Waals surface area contributed by atoms with Crippen LogP contribution in [-0.4, -0.2) is 11.5 Å². The van der Waals surface area contributed by atoms with Crippen LogP contribution >= 0.6 is 11.6 Å². The van der Waals surface area contributed by atoms with E-state index in [1.165, 1.54) is 0 Å². The first kappa shape index (κ1) is 14.8. The Balaban J connectivity index is 2.13. The molecule has 2 aromatic rings. The molecule has 0 saturated carbocycles. The Hall–Kier alpha value is -1.58. The number of hydrogen-bond donors (Lipinski definition) is 1. The van der Waals surface area contributed by atoms with E-state index in [1.54, 1.807) is 6.20 Å². The molecule has 0 aliphatic carbocycles. The van der Waals surface area contributed by atoms with Crippen molar-refractivity contribution in [3.05, 3.63) is 52.7 Å². The Bertz CT molecular complexity index is 572. The van der Waals surface area contributed by atoms with Gasteiger partial charge in [0.15, 0.2) is 0 Å². The number of ether oxygens (including phenoxy) is 1. The zero-order chi connectivity index (χ0) is 14.4. The van der Waals surface area contributed by atoms with Crippen molar-refractivity contribution < 1.29 is 4.74 Å². The summed E-state index contributed by atoms with van der Waals surface area (Å²) in [5.74, 6) is 1.39. The van der Waals surface area contributed by atoms with Gasteiger partial charge in [0, 0.05) is 23.3 Å². The minimum Gasteiger partial charge on any atom is -0.439 e. The van der Waals surface area contributed by atoms with Gasteiger partial charge in [0.05, 0.1) is 0 Å². The Labute approximate surface area is 124 Å². The average Bonchev–Trinajstić information content (AvgIpc) is 2.45. The first-order chi connectivity index (χ1) is 9.70. The van der Waals surface area contributed by atoms with Crippen LogP contribution in [0.2, 0.25) is 5.02 Å². The molecule has 0 amide bonds. The molecule has 2 rings (SSSR count). The van der Waals surface area contributed by atoms with Gasteiger partial charge in [-0.2, -0.15) is 0 Å². The average molecular weight is 291 g/mol. The number of halogens is 1. The standard InChI is InChI=1S/C16H19ClN2O/c1-3-8-18-11-13-5-4-9-19-16(13)20-14-6-7-15(17)12(2)10-14/h4-7,9-10,18H,3,8,11H2,1-2H3. The largest absolute Gasteiger partial charge is 0.439 e. The van der Waals surface area contributed by atoms with E-state index in [0.717, 1.165) is 41.4 Å². The predicted molar refractivity (Wildman–Crippen MR) is 82.5 cm³/mol. The summed E-state index contributed by atoms with van der Waals surface area (Å²) in [5.41, 5.74) is 2.04. The zero-order valence-electron chi connectivity index (χ0n) is 11.8. The monoisotopic (exact) mass is 290 g/mol. The van der Waals surface area contributed by atoms with Crippen molar-refractivity contribution in [3.8, 4) is 11.6 Å². The van der Waals surface area contributed by atoms with Crippen molar-refractivity contribution in [2.75, 3.05) is 6.54 Å². The highest BCUT2D eigenvalue weighted by Gasteiger charge is 2.06. The van der Waals surface area contributed by atoms with Gasteiger partial charge in [0.25, 0.3) is 0 Å². The Morgan fingerprint density at radius 3 is 2.90 bits per heavy atom. The van der Waals surface area contributed by atoms with Crippen molar-refractivity contribution >= 4 is 11.6 Å². The fraction of sp³-hybridized carbons (Fsp3) is 0.312. The second-order valence-corrected chi connectivity index (χ2v) is 5.06. The maximum Gasteiger partial charge on any atom is 0.223 e. The smallest absolute Gasteiger partial charge is 0.223 e. The van der Waals surface area contributed by atoms with Crippen LogP contribution in [0.1, 0.15) is 24.5 Å². The lowest BCUT2D eigenvalue weighted by Gasteiger charge is -2.11. The molecular weight excluding hydrogens is 272 g/mol. The van der Waals surface area contributed by atoms with Crippen molar-refractivity contribution in [3.63, 3.8) is 0 Å². The molecule has 1 N–H and O–H groups in total. The summed E-state index contributed by atoms with van der Waals surface area (Å²) in [7, 11) is 0. The first-order valence-electron chi connectivity index (χ1n) is 6.79. The molecule has 0 bridgehead atoms. The van der Waals surface area contributed by atoms with Gasteiger partial charge in [-0.1, -0.05) is 24.6 Å². The molecular formula is C16H19ClN2O. The first-order valence-corrected chi connectivity index (χ1v) is 7.17. The van der Waals surface area contributed by atoms with Gasteiger partial charge in [0.2, 0.25) is 5.88 Å². The van der Waals surface area contributed by atoms with Crippen LogP contribution in [0.25, 0.3) is 0 Å². The van der Waals surface area contributed by atoms with Gasteiger partial charge in [0.1, 0.15) is 5.75 Å². The highest BCUT2D eigenvalue weighted by molar-refractivity contribution is 6.31. The zero-order valence-corrected chi connectivity index (χ0v) is 12.6. The fourth-order valence-corrected chi connectivity index (χ4v) is 1.96. The molecule has 3 nitrogen and oxygen atoms in total. The molecule has 0 saturated heterocycles. The maximum atomic E-state index is 6.02. The molecule has 1 aromatic heterocycles. The van der Waals surface area contributed by atoms with E-state index in [-0.39, 0.29) is 0 Å². The van der Waals surface area contributed by atoms with Crippen LogP contribution < -0.4 is 10.1 Å². The van der Waals surface area contributed by atoms with Gasteiger partial charge in [-0.15, -0.1) is 0 Å². The third kappa shape index (κ3) is 3.95. The fourth-order valence-electron chi connectivity index (χ4n) is 1.84. The van der Waals surface area contributed by atoms with Crippen molar-refractivity contribution in [1.82, 2.24) is 10.3 Å². The molecule has 1 aromatic carbocycles. The molecule has 1 heterocycles. The quantitative estimate of drug-likeness (QED) is 0.804. The van der Waals surface area contributed by atoms with Crippen molar-refractivity contribution in [2.45, 2.75) is 26.8 Å². The molecule has 0 spiro atoms. The van der Waals surface area contributed by atoms with Crippen LogP contribution in [0.3, 0.4) is 0 Å². The van der Waals surface area contributed by atoms with E-state index < -0.39 is 0 Å². The number of hydrogen-bond acceptors (Lipinski definition) is 3. The normalized spacial score (nSPS) is 10.6. The van der Waals surface area contributed by atoms with Crippen LogP contribution in [0, 0.1) is 6.92 Å². The Morgan fingerprint density at radius 2 is 2.15 bits per heavy atom. The summed E-state index contributed by atoms with van der Waals surface area (Å²) in [4.78, 5) is 4.31. The second-order valence-electron chi connectivity index (χ2n) is 4.66. The summed E-state index contributed by atoms with van der Waals surface area (Å²) < 4.78 is 5.87. The van der Waals surface area contributed by atoms with Crippen molar-refractivity contribution in [1.29, 1.82) is 0 Å². The van der Waals surface area contributed by atoms with Crippen LogP contribution in [0.15, 0.2) is 36.5 Å². The molecule has 4 heteroatoms. The van der Waals surface area contributed by atoms with E-state index >= 15 is 0 Å². The third-order valence-electron chi connectivity index (χ3n) is 2.94. The maximum absolute atomic E-state index is 6.02. The number of rotatable bonds is 6. The van der Waals surface area contributed by atoms with Gasteiger partial charge in [-0.05, 0) is 49.7 Å². The van der Waals surface area contributed by atoms with E-state index in [9.17, 15) is 0 Å². The van der Waals surface area contributed by atoms with Gasteiger partial charge in [-0.25, -0.2) is 4.98 Å². The number of nitrogens with one attached hydrogen (secondary N) is 1. The number of benzene rings is 1. The van der Waals surface area contributed by atoms with E-state index in [4.69, 9.17) is 16.3 Å². The van der Waals surface area contributed by atoms with Crippen LogP contribution in [0.4, 0.5) is 0 Å². The Kier molecular flexibility index (Phi) is 5.39. The SMILES string of the molecule is CCCNCc1cccnc1Oc1ccc(Cl)c(C)c1. The number of nitrogens with zero attached hydrogens (tertiary/aromatic N) is 1. The van der Waals surface area contributed by atoms with Gasteiger partial charge in [-0.3, -0.25) is 0 Å². The minimum atomic E-state index is 0.637. The molecule has 0 aliphatic heterocycles. The van der Waals surface area contributed by atoms with E-state index in [1.807, 2.05) is 37.3 Å². The minimum absolute atomic E-state index is 0.637. The van der Waals surface area contributed by atoms with E-state index in [0.29, 0.717) is 5.88 Å². The molecule has 0 atom stereocenters. The van der Waals surface area contributed by atoms with E-state index in [2.05, 4.69) is 17.2 Å². The number of aromatic nitrogens is 1. The lowest BCUT2D eigenvalue weighted by Crippen LogP contribution is -2.14. The summed E-state index contributed by atoms with van der Waals surface area (Å²) in [6.07, 6.45) is 2.84. The Morgan fingerprint density at radius 1 is 1.30 bits per heavy atom. The molecule has 0 unspecified atom stereocenters. The number of pyridine rings is 1. The molecule has 106 valence electrons. The molecule has 0 aliphatic rings. The highest BCUT2D eigenvalue weighted by Crippen LogP contribution is 2.26. The van der Waals surface area contributed by atoms with Gasteiger partial charge < -0.3 is 10.1 Å². The van der Waals surface area contributed by atoms with Crippen LogP contribution in [0.5, 0.6) is 11.6 Å². The topological polar surface area (TPSA) is 34.2 Å². The summed E-state index contributed by atoms with van der Waals surface area (Å²) in [6.45, 7) is 5.83. The molecule has 0 fully saturated rings. The third-order valence-corrected chi connectivity index (χ3v) is 3.36. The number of aryl methyl sites for hydroxylation is 1. The predicted octanol–water partition coefficient (Wildman–Crippen LogP) is 4.34. The summed E-state index contributed by atoms with van der Waals surface area (Å²) in [6, 6.07) is 9.55. The lowest BCUT2D eigenvalue weighted by molar-refractivity contribution is 0.452. The molecule has 0 radical (unpaired) electrons. The summed E-state index contributed by atoms with van der Waals surface area (Å²) >= 11 is 6.02. The summed E-state index contributed by atoms with van der Waals surface area (Å²) in [5, 5.41) is 4.10. The lowest BCUT2D eigenvalue weighted by atomic mass is 10.2.